The van der Waals surface area contributed by atoms with Crippen molar-refractivity contribution in [2.45, 2.75) is 19.1 Å². The van der Waals surface area contributed by atoms with Crippen LogP contribution in [0.2, 0.25) is 0 Å². The fourth-order valence-electron chi connectivity index (χ4n) is 1.68. The lowest BCUT2D eigenvalue weighted by Gasteiger charge is -2.12. The van der Waals surface area contributed by atoms with Crippen LogP contribution in [0.5, 0.6) is 5.75 Å². The van der Waals surface area contributed by atoms with Gasteiger partial charge in [0.2, 0.25) is 0 Å². The number of hydrogen-bond acceptors (Lipinski definition) is 3. The van der Waals surface area contributed by atoms with Crippen LogP contribution in [0.15, 0.2) is 24.3 Å². The molecule has 5 nitrogen and oxygen atoms in total. The number of benzene rings is 1. The van der Waals surface area contributed by atoms with Crippen LogP contribution in [0.25, 0.3) is 0 Å². The minimum absolute atomic E-state index is 0.159. The average molecular weight is 236 g/mol. The first-order valence-corrected chi connectivity index (χ1v) is 5.61. The van der Waals surface area contributed by atoms with Gasteiger partial charge in [0.25, 0.3) is 0 Å². The lowest BCUT2D eigenvalue weighted by molar-refractivity contribution is 0.0928. The second-order valence-corrected chi connectivity index (χ2v) is 3.83. The Kier molecular flexibility index (Phi) is 3.82. The first-order chi connectivity index (χ1) is 8.28. The minimum atomic E-state index is -0.248. The standard InChI is InChI=1S/C12H16N2O3/c1-16-10-6-4-9(5-7-10)13-12(15)14-11-3-2-8-17-11/h4-7,11H,2-3,8H2,1H3,(H2,13,14,15). The van der Waals surface area contributed by atoms with Crippen molar-refractivity contribution in [1.29, 1.82) is 0 Å². The number of ether oxygens (including phenoxy) is 2. The van der Waals surface area contributed by atoms with Crippen LogP contribution in [0.3, 0.4) is 0 Å². The predicted molar refractivity (Wildman–Crippen MR) is 64.1 cm³/mol. The van der Waals surface area contributed by atoms with Gasteiger partial charge in [-0.15, -0.1) is 0 Å². The second-order valence-electron chi connectivity index (χ2n) is 3.83. The molecule has 2 amide bonds. The Hall–Kier alpha value is -1.75. The van der Waals surface area contributed by atoms with Gasteiger partial charge in [0.05, 0.1) is 7.11 Å². The van der Waals surface area contributed by atoms with Crippen LogP contribution in [0.4, 0.5) is 10.5 Å². The third-order valence-electron chi connectivity index (χ3n) is 2.57. The van der Waals surface area contributed by atoms with E-state index in [1.165, 1.54) is 0 Å². The molecular formula is C12H16N2O3. The van der Waals surface area contributed by atoms with E-state index in [-0.39, 0.29) is 12.3 Å². The number of urea groups is 1. The fourth-order valence-corrected chi connectivity index (χ4v) is 1.68. The van der Waals surface area contributed by atoms with Crippen molar-refractivity contribution in [3.63, 3.8) is 0 Å². The third-order valence-corrected chi connectivity index (χ3v) is 2.57. The molecule has 1 heterocycles. The smallest absolute Gasteiger partial charge is 0.321 e. The van der Waals surface area contributed by atoms with Crippen LogP contribution >= 0.6 is 0 Å². The summed E-state index contributed by atoms with van der Waals surface area (Å²) in [4.78, 5) is 11.6. The van der Waals surface area contributed by atoms with E-state index < -0.39 is 0 Å². The van der Waals surface area contributed by atoms with E-state index in [1.807, 2.05) is 0 Å². The second kappa shape index (κ2) is 5.54. The van der Waals surface area contributed by atoms with Gasteiger partial charge in [-0.3, -0.25) is 0 Å². The first kappa shape index (κ1) is 11.7. The minimum Gasteiger partial charge on any atom is -0.497 e. The highest BCUT2D eigenvalue weighted by atomic mass is 16.5. The van der Waals surface area contributed by atoms with Crippen molar-refractivity contribution in [2.24, 2.45) is 0 Å². The van der Waals surface area contributed by atoms with E-state index in [0.717, 1.165) is 24.3 Å². The lowest BCUT2D eigenvalue weighted by Crippen LogP contribution is -2.37. The number of amides is 2. The molecule has 2 rings (SSSR count). The molecule has 1 unspecified atom stereocenters. The largest absolute Gasteiger partial charge is 0.497 e. The van der Waals surface area contributed by atoms with E-state index >= 15 is 0 Å². The molecule has 0 saturated carbocycles. The summed E-state index contributed by atoms with van der Waals surface area (Å²) in [6.07, 6.45) is 1.71. The van der Waals surface area contributed by atoms with Crippen molar-refractivity contribution in [1.82, 2.24) is 5.32 Å². The monoisotopic (exact) mass is 236 g/mol. The number of anilines is 1. The van der Waals surface area contributed by atoms with Gasteiger partial charge in [-0.1, -0.05) is 0 Å². The molecule has 1 fully saturated rings. The molecule has 0 aliphatic carbocycles. The van der Waals surface area contributed by atoms with Crippen molar-refractivity contribution >= 4 is 11.7 Å². The first-order valence-electron chi connectivity index (χ1n) is 5.61. The highest BCUT2D eigenvalue weighted by Gasteiger charge is 2.17. The molecule has 0 spiro atoms. The van der Waals surface area contributed by atoms with Crippen LogP contribution in [-0.2, 0) is 4.74 Å². The summed E-state index contributed by atoms with van der Waals surface area (Å²) in [5.74, 6) is 0.759. The summed E-state index contributed by atoms with van der Waals surface area (Å²) in [6, 6.07) is 6.91. The molecule has 1 aliphatic heterocycles. The van der Waals surface area contributed by atoms with Gasteiger partial charge >= 0.3 is 6.03 Å². The topological polar surface area (TPSA) is 59.6 Å². The SMILES string of the molecule is COc1ccc(NC(=O)NC2CCCO2)cc1. The molecule has 1 aromatic rings. The predicted octanol–water partition coefficient (Wildman–Crippen LogP) is 1.95. The number of carbonyl (C=O) groups is 1. The van der Waals surface area contributed by atoms with Gasteiger partial charge in [0.1, 0.15) is 12.0 Å². The Morgan fingerprint density at radius 2 is 2.18 bits per heavy atom. The molecule has 1 aliphatic rings. The zero-order chi connectivity index (χ0) is 12.1. The quantitative estimate of drug-likeness (QED) is 0.843. The summed E-state index contributed by atoms with van der Waals surface area (Å²) in [5.41, 5.74) is 0.723. The number of hydrogen-bond donors (Lipinski definition) is 2. The molecule has 0 bridgehead atoms. The normalized spacial score (nSPS) is 18.8. The molecule has 0 aromatic heterocycles. The van der Waals surface area contributed by atoms with E-state index in [0.29, 0.717) is 6.61 Å². The summed E-state index contributed by atoms with van der Waals surface area (Å²) >= 11 is 0. The maximum Gasteiger partial charge on any atom is 0.321 e. The molecule has 0 radical (unpaired) electrons. The Morgan fingerprint density at radius 1 is 1.41 bits per heavy atom. The zero-order valence-electron chi connectivity index (χ0n) is 9.73. The molecule has 2 N–H and O–H groups in total. The van der Waals surface area contributed by atoms with Gasteiger partial charge in [0.15, 0.2) is 0 Å². The fraction of sp³-hybridized carbons (Fsp3) is 0.417. The zero-order valence-corrected chi connectivity index (χ0v) is 9.73. The maximum absolute atomic E-state index is 11.6. The molecule has 1 saturated heterocycles. The Labute approximate surface area is 100 Å². The van der Waals surface area contributed by atoms with Crippen molar-refractivity contribution < 1.29 is 14.3 Å². The summed E-state index contributed by atoms with van der Waals surface area (Å²) < 4.78 is 10.3. The maximum atomic E-state index is 11.6. The van der Waals surface area contributed by atoms with Gasteiger partial charge < -0.3 is 20.1 Å². The molecule has 1 atom stereocenters. The molecular weight excluding hydrogens is 220 g/mol. The van der Waals surface area contributed by atoms with Crippen molar-refractivity contribution in [2.75, 3.05) is 19.0 Å². The van der Waals surface area contributed by atoms with E-state index in [9.17, 15) is 4.79 Å². The number of rotatable bonds is 3. The third kappa shape index (κ3) is 3.35. The Balaban J connectivity index is 1.84. The van der Waals surface area contributed by atoms with E-state index in [4.69, 9.17) is 9.47 Å². The molecule has 5 heteroatoms. The Morgan fingerprint density at radius 3 is 2.76 bits per heavy atom. The number of nitrogens with one attached hydrogen (secondary N) is 2. The summed E-state index contributed by atoms with van der Waals surface area (Å²) in [7, 11) is 1.60. The highest BCUT2D eigenvalue weighted by Crippen LogP contribution is 2.15. The van der Waals surface area contributed by atoms with Crippen LogP contribution in [-0.4, -0.2) is 26.0 Å². The summed E-state index contributed by atoms with van der Waals surface area (Å²) in [6.45, 7) is 0.716. The van der Waals surface area contributed by atoms with Crippen LogP contribution in [0.1, 0.15) is 12.8 Å². The number of carbonyl (C=O) groups excluding carboxylic acids is 1. The van der Waals surface area contributed by atoms with Crippen LogP contribution in [0, 0.1) is 0 Å². The van der Waals surface area contributed by atoms with E-state index in [1.54, 1.807) is 31.4 Å². The molecule has 1 aromatic carbocycles. The number of methoxy groups -OCH3 is 1. The summed E-state index contributed by atoms with van der Waals surface area (Å²) in [5, 5.41) is 5.49. The van der Waals surface area contributed by atoms with Gasteiger partial charge in [-0.25, -0.2) is 4.79 Å². The lowest BCUT2D eigenvalue weighted by atomic mass is 10.3. The van der Waals surface area contributed by atoms with Crippen molar-refractivity contribution in [3.8, 4) is 5.75 Å². The molecule has 17 heavy (non-hydrogen) atoms. The van der Waals surface area contributed by atoms with Crippen LogP contribution < -0.4 is 15.4 Å². The highest BCUT2D eigenvalue weighted by molar-refractivity contribution is 5.89. The average Bonchev–Trinajstić information content (AvgIpc) is 2.82. The van der Waals surface area contributed by atoms with Gasteiger partial charge in [0, 0.05) is 12.3 Å². The Bertz CT molecular complexity index is 372. The van der Waals surface area contributed by atoms with Gasteiger partial charge in [-0.2, -0.15) is 0 Å². The van der Waals surface area contributed by atoms with Gasteiger partial charge in [-0.05, 0) is 37.1 Å². The molecule has 92 valence electrons. The van der Waals surface area contributed by atoms with Crippen molar-refractivity contribution in [3.05, 3.63) is 24.3 Å². The van der Waals surface area contributed by atoms with E-state index in [2.05, 4.69) is 10.6 Å².